The molecule has 0 aliphatic rings. The van der Waals surface area contributed by atoms with Gasteiger partial charge in [0.05, 0.1) is 0 Å². The summed E-state index contributed by atoms with van der Waals surface area (Å²) in [6.07, 6.45) is 10.5. The lowest BCUT2D eigenvalue weighted by Crippen LogP contribution is -2.38. The fraction of sp³-hybridized carbons (Fsp3) is 1.00. The van der Waals surface area contributed by atoms with E-state index in [9.17, 15) is 0 Å². The first-order chi connectivity index (χ1) is 8.52. The van der Waals surface area contributed by atoms with Gasteiger partial charge < -0.3 is 8.85 Å². The van der Waals surface area contributed by atoms with Crippen LogP contribution in [0.1, 0.15) is 72.1 Å². The summed E-state index contributed by atoms with van der Waals surface area (Å²) >= 11 is 0. The number of rotatable bonds is 12. The van der Waals surface area contributed by atoms with Crippen LogP contribution in [-0.4, -0.2) is 21.3 Å². The van der Waals surface area contributed by atoms with Crippen molar-refractivity contribution in [2.45, 2.75) is 91.3 Å². The Morgan fingerprint density at radius 3 is 2.11 bits per heavy atom. The van der Waals surface area contributed by atoms with Gasteiger partial charge in [0.25, 0.3) is 0 Å². The van der Waals surface area contributed by atoms with Gasteiger partial charge in [0.2, 0.25) is 0 Å². The Morgan fingerprint density at radius 1 is 0.889 bits per heavy atom. The van der Waals surface area contributed by atoms with Crippen molar-refractivity contribution in [2.24, 2.45) is 0 Å². The molecule has 0 aliphatic heterocycles. The van der Waals surface area contributed by atoms with Gasteiger partial charge in [0.15, 0.2) is 0 Å². The smallest absolute Gasteiger partial charge is 0.331 e. The SMILES string of the molecule is CCCCCCO[Si](C)(C)OC(C)CCCCC. The van der Waals surface area contributed by atoms with Gasteiger partial charge in [-0.2, -0.15) is 0 Å². The second kappa shape index (κ2) is 11.0. The first-order valence-electron chi connectivity index (χ1n) is 7.83. The van der Waals surface area contributed by atoms with Gasteiger partial charge in [-0.1, -0.05) is 52.4 Å². The van der Waals surface area contributed by atoms with Crippen LogP contribution >= 0.6 is 0 Å². The molecule has 0 radical (unpaired) electrons. The molecule has 1 unspecified atom stereocenters. The average Bonchev–Trinajstić information content (AvgIpc) is 2.28. The summed E-state index contributed by atoms with van der Waals surface area (Å²) in [4.78, 5) is 0. The Hall–Kier alpha value is 0.137. The second-order valence-electron chi connectivity index (χ2n) is 5.73. The molecule has 0 spiro atoms. The minimum atomic E-state index is -1.89. The molecule has 2 nitrogen and oxygen atoms in total. The summed E-state index contributed by atoms with van der Waals surface area (Å²) in [6.45, 7) is 11.9. The molecule has 110 valence electrons. The highest BCUT2D eigenvalue weighted by Crippen LogP contribution is 2.15. The van der Waals surface area contributed by atoms with E-state index in [4.69, 9.17) is 8.85 Å². The molecule has 0 N–H and O–H groups in total. The van der Waals surface area contributed by atoms with Gasteiger partial charge >= 0.3 is 8.56 Å². The maximum atomic E-state index is 6.11. The molecule has 1 atom stereocenters. The van der Waals surface area contributed by atoms with Crippen LogP contribution in [0.5, 0.6) is 0 Å². The molecule has 3 heteroatoms. The van der Waals surface area contributed by atoms with Crippen molar-refractivity contribution in [3.8, 4) is 0 Å². The molecule has 0 aliphatic carbocycles. The van der Waals surface area contributed by atoms with Crippen LogP contribution in [0.3, 0.4) is 0 Å². The molecule has 0 aromatic rings. The van der Waals surface area contributed by atoms with Gasteiger partial charge in [0, 0.05) is 12.7 Å². The van der Waals surface area contributed by atoms with E-state index in [1.165, 1.54) is 51.4 Å². The minimum absolute atomic E-state index is 0.355. The molecule has 0 rings (SSSR count). The zero-order valence-corrected chi connectivity index (χ0v) is 14.3. The lowest BCUT2D eigenvalue weighted by molar-refractivity contribution is 0.122. The van der Waals surface area contributed by atoms with E-state index in [1.807, 2.05) is 0 Å². The minimum Gasteiger partial charge on any atom is -0.395 e. The van der Waals surface area contributed by atoms with Crippen molar-refractivity contribution < 1.29 is 8.85 Å². The average molecular weight is 275 g/mol. The van der Waals surface area contributed by atoms with Crippen molar-refractivity contribution in [1.29, 1.82) is 0 Å². The zero-order valence-electron chi connectivity index (χ0n) is 13.3. The fourth-order valence-corrected chi connectivity index (χ4v) is 3.90. The molecular weight excluding hydrogens is 240 g/mol. The maximum absolute atomic E-state index is 6.11. The van der Waals surface area contributed by atoms with Gasteiger partial charge in [-0.3, -0.25) is 0 Å². The molecule has 0 saturated carbocycles. The molecular formula is C15H34O2Si. The lowest BCUT2D eigenvalue weighted by atomic mass is 10.1. The van der Waals surface area contributed by atoms with Crippen molar-refractivity contribution in [1.82, 2.24) is 0 Å². The maximum Gasteiger partial charge on any atom is 0.331 e. The molecule has 0 heterocycles. The van der Waals surface area contributed by atoms with E-state index in [0.29, 0.717) is 6.10 Å². The topological polar surface area (TPSA) is 18.5 Å². The summed E-state index contributed by atoms with van der Waals surface area (Å²) in [5, 5.41) is 0. The van der Waals surface area contributed by atoms with E-state index in [2.05, 4.69) is 33.9 Å². The van der Waals surface area contributed by atoms with E-state index < -0.39 is 8.56 Å². The summed E-state index contributed by atoms with van der Waals surface area (Å²) in [5.74, 6) is 0. The molecule has 0 amide bonds. The molecule has 0 fully saturated rings. The number of hydrogen-bond donors (Lipinski definition) is 0. The third kappa shape index (κ3) is 11.2. The summed E-state index contributed by atoms with van der Waals surface area (Å²) in [7, 11) is -1.89. The molecule has 18 heavy (non-hydrogen) atoms. The Balaban J connectivity index is 3.63. The summed E-state index contributed by atoms with van der Waals surface area (Å²) in [5.41, 5.74) is 0. The predicted octanol–water partition coefficient (Wildman–Crippen LogP) is 5.27. The normalized spacial score (nSPS) is 13.8. The third-order valence-corrected chi connectivity index (χ3v) is 5.02. The predicted molar refractivity (Wildman–Crippen MR) is 82.3 cm³/mol. The lowest BCUT2D eigenvalue weighted by Gasteiger charge is -2.27. The summed E-state index contributed by atoms with van der Waals surface area (Å²) < 4.78 is 12.1. The molecule has 0 saturated heterocycles. The van der Waals surface area contributed by atoms with Gasteiger partial charge in [0.1, 0.15) is 0 Å². The highest BCUT2D eigenvalue weighted by molar-refractivity contribution is 6.64. The van der Waals surface area contributed by atoms with Crippen LogP contribution in [0.2, 0.25) is 13.1 Å². The van der Waals surface area contributed by atoms with Crippen LogP contribution in [0, 0.1) is 0 Å². The zero-order chi connectivity index (χ0) is 13.9. The Bertz CT molecular complexity index is 183. The highest BCUT2D eigenvalue weighted by atomic mass is 28.4. The molecule has 0 aromatic carbocycles. The van der Waals surface area contributed by atoms with Crippen molar-refractivity contribution in [3.05, 3.63) is 0 Å². The first kappa shape index (κ1) is 18.1. The van der Waals surface area contributed by atoms with Crippen LogP contribution < -0.4 is 0 Å². The van der Waals surface area contributed by atoms with E-state index in [1.54, 1.807) is 0 Å². The van der Waals surface area contributed by atoms with Crippen molar-refractivity contribution >= 4 is 8.56 Å². The Morgan fingerprint density at radius 2 is 1.50 bits per heavy atom. The van der Waals surface area contributed by atoms with Crippen molar-refractivity contribution in [3.63, 3.8) is 0 Å². The van der Waals surface area contributed by atoms with Crippen LogP contribution in [0.4, 0.5) is 0 Å². The summed E-state index contributed by atoms with van der Waals surface area (Å²) in [6, 6.07) is 0. The fourth-order valence-electron chi connectivity index (χ4n) is 2.11. The van der Waals surface area contributed by atoms with Gasteiger partial charge in [-0.25, -0.2) is 0 Å². The van der Waals surface area contributed by atoms with Crippen LogP contribution in [0.25, 0.3) is 0 Å². The first-order valence-corrected chi connectivity index (χ1v) is 10.6. The third-order valence-electron chi connectivity index (χ3n) is 3.15. The Labute approximate surface area is 116 Å². The largest absolute Gasteiger partial charge is 0.395 e. The number of unbranched alkanes of at least 4 members (excludes halogenated alkanes) is 5. The van der Waals surface area contributed by atoms with E-state index in [0.717, 1.165) is 6.61 Å². The second-order valence-corrected chi connectivity index (χ2v) is 9.06. The van der Waals surface area contributed by atoms with E-state index >= 15 is 0 Å². The Kier molecular flexibility index (Phi) is 11.1. The molecule has 0 aromatic heterocycles. The van der Waals surface area contributed by atoms with Gasteiger partial charge in [-0.05, 0) is 32.9 Å². The molecule has 0 bridgehead atoms. The number of hydrogen-bond acceptors (Lipinski definition) is 2. The van der Waals surface area contributed by atoms with Gasteiger partial charge in [-0.15, -0.1) is 0 Å². The standard InChI is InChI=1S/C15H34O2Si/c1-6-8-10-12-14-16-18(4,5)17-15(3)13-11-9-7-2/h15H,6-14H2,1-5H3. The monoisotopic (exact) mass is 274 g/mol. The van der Waals surface area contributed by atoms with E-state index in [-0.39, 0.29) is 0 Å². The van der Waals surface area contributed by atoms with Crippen molar-refractivity contribution in [2.75, 3.05) is 6.61 Å². The van der Waals surface area contributed by atoms with Crippen LogP contribution in [0.15, 0.2) is 0 Å². The highest BCUT2D eigenvalue weighted by Gasteiger charge is 2.26. The quantitative estimate of drug-likeness (QED) is 0.356. The van der Waals surface area contributed by atoms with Crippen LogP contribution in [-0.2, 0) is 8.85 Å².